The first-order valence-electron chi connectivity index (χ1n) is 6.93. The third-order valence-electron chi connectivity index (χ3n) is 3.80. The summed E-state index contributed by atoms with van der Waals surface area (Å²) >= 11 is 0. The van der Waals surface area contributed by atoms with Crippen LogP contribution in [0.3, 0.4) is 0 Å². The lowest BCUT2D eigenvalue weighted by Crippen LogP contribution is -2.58. The van der Waals surface area contributed by atoms with Gasteiger partial charge in [0.05, 0.1) is 10.5 Å². The molecule has 0 spiro atoms. The van der Waals surface area contributed by atoms with Gasteiger partial charge in [0, 0.05) is 44.0 Å². The molecule has 1 aliphatic rings. The van der Waals surface area contributed by atoms with Crippen LogP contribution in [0.25, 0.3) is 0 Å². The number of amides is 1. The molecule has 21 heavy (non-hydrogen) atoms. The first kappa shape index (κ1) is 15.4. The molecule has 1 fully saturated rings. The van der Waals surface area contributed by atoms with Crippen molar-refractivity contribution < 1.29 is 9.72 Å². The summed E-state index contributed by atoms with van der Waals surface area (Å²) in [7, 11) is 0. The van der Waals surface area contributed by atoms with Crippen LogP contribution in [0.15, 0.2) is 24.3 Å². The van der Waals surface area contributed by atoms with E-state index in [0.29, 0.717) is 5.69 Å². The smallest absolute Gasteiger partial charge is 0.269 e. The van der Waals surface area contributed by atoms with E-state index in [0.717, 1.165) is 26.2 Å². The van der Waals surface area contributed by atoms with Gasteiger partial charge in [-0.15, -0.1) is 0 Å². The molecular weight excluding hydrogens is 272 g/mol. The number of benzene rings is 1. The molecule has 0 radical (unpaired) electrons. The summed E-state index contributed by atoms with van der Waals surface area (Å²) in [4.78, 5) is 24.7. The summed E-state index contributed by atoms with van der Waals surface area (Å²) in [5.41, 5.74) is -0.0488. The number of carbonyl (C=O) groups is 1. The molecule has 0 unspecified atom stereocenters. The Morgan fingerprint density at radius 1 is 1.29 bits per heavy atom. The monoisotopic (exact) mass is 292 g/mol. The van der Waals surface area contributed by atoms with Gasteiger partial charge in [0.25, 0.3) is 5.69 Å². The Kier molecular flexibility index (Phi) is 4.54. The molecule has 0 aromatic heterocycles. The number of nitrogens with zero attached hydrogens (tertiary/aromatic N) is 2. The Hall–Kier alpha value is -1.99. The number of anilines is 1. The van der Waals surface area contributed by atoms with Gasteiger partial charge < -0.3 is 10.6 Å². The molecule has 7 nitrogen and oxygen atoms in total. The lowest BCUT2D eigenvalue weighted by Gasteiger charge is -2.39. The van der Waals surface area contributed by atoms with Gasteiger partial charge in [0.1, 0.15) is 0 Å². The Morgan fingerprint density at radius 3 is 2.38 bits per heavy atom. The van der Waals surface area contributed by atoms with Gasteiger partial charge in [-0.2, -0.15) is 0 Å². The summed E-state index contributed by atoms with van der Waals surface area (Å²) in [6, 6.07) is 5.86. The van der Waals surface area contributed by atoms with Crippen LogP contribution in [0.4, 0.5) is 11.4 Å². The van der Waals surface area contributed by atoms with Crippen LogP contribution in [0.5, 0.6) is 0 Å². The molecule has 114 valence electrons. The van der Waals surface area contributed by atoms with Gasteiger partial charge in [-0.05, 0) is 26.0 Å². The lowest BCUT2D eigenvalue weighted by molar-refractivity contribution is -0.384. The number of rotatable bonds is 4. The number of non-ortho nitro benzene ring substituents is 1. The largest absolute Gasteiger partial charge is 0.324 e. The van der Waals surface area contributed by atoms with Crippen molar-refractivity contribution in [3.63, 3.8) is 0 Å². The van der Waals surface area contributed by atoms with Crippen molar-refractivity contribution in [3.05, 3.63) is 34.4 Å². The summed E-state index contributed by atoms with van der Waals surface area (Å²) < 4.78 is 0. The average Bonchev–Trinajstić information content (AvgIpc) is 2.48. The molecule has 0 saturated carbocycles. The summed E-state index contributed by atoms with van der Waals surface area (Å²) in [6.45, 7) is 7.15. The molecule has 0 atom stereocenters. The molecule has 2 rings (SSSR count). The zero-order valence-electron chi connectivity index (χ0n) is 12.3. The molecule has 7 heteroatoms. The van der Waals surface area contributed by atoms with Crippen LogP contribution in [-0.4, -0.2) is 47.4 Å². The van der Waals surface area contributed by atoms with Crippen molar-refractivity contribution >= 4 is 17.3 Å². The molecule has 1 heterocycles. The van der Waals surface area contributed by atoms with Gasteiger partial charge in [-0.1, -0.05) is 0 Å². The van der Waals surface area contributed by atoms with Crippen molar-refractivity contribution in [2.45, 2.75) is 19.4 Å². The number of carbonyl (C=O) groups excluding carboxylic acids is 1. The summed E-state index contributed by atoms with van der Waals surface area (Å²) in [5.74, 6) is -0.113. The standard InChI is InChI=1S/C14H20N4O3/c1-14(2,17-9-7-15-8-10-17)13(19)16-11-3-5-12(6-4-11)18(20)21/h3-6,15H,7-10H2,1-2H3,(H,16,19). The number of nitro groups is 1. The molecule has 0 aliphatic carbocycles. The highest BCUT2D eigenvalue weighted by atomic mass is 16.6. The van der Waals surface area contributed by atoms with E-state index in [1.165, 1.54) is 12.1 Å². The number of nitro benzene ring substituents is 1. The fraction of sp³-hybridized carbons (Fsp3) is 0.500. The first-order chi connectivity index (χ1) is 9.91. The molecular formula is C14H20N4O3. The van der Waals surface area contributed by atoms with Crippen LogP contribution in [0.2, 0.25) is 0 Å². The van der Waals surface area contributed by atoms with E-state index in [2.05, 4.69) is 15.5 Å². The van der Waals surface area contributed by atoms with E-state index in [-0.39, 0.29) is 11.6 Å². The predicted octanol–water partition coefficient (Wildman–Crippen LogP) is 1.22. The van der Waals surface area contributed by atoms with E-state index in [1.807, 2.05) is 13.8 Å². The van der Waals surface area contributed by atoms with Crippen LogP contribution in [0, 0.1) is 10.1 Å². The fourth-order valence-corrected chi connectivity index (χ4v) is 2.32. The number of hydrogen-bond donors (Lipinski definition) is 2. The maximum atomic E-state index is 12.4. The topological polar surface area (TPSA) is 87.5 Å². The Morgan fingerprint density at radius 2 is 1.86 bits per heavy atom. The quantitative estimate of drug-likeness (QED) is 0.643. The minimum absolute atomic E-state index is 0.00867. The van der Waals surface area contributed by atoms with E-state index in [1.54, 1.807) is 12.1 Å². The fourth-order valence-electron chi connectivity index (χ4n) is 2.32. The Bertz CT molecular complexity index is 522. The number of nitrogens with one attached hydrogen (secondary N) is 2. The summed E-state index contributed by atoms with van der Waals surface area (Å²) in [5, 5.41) is 16.7. The van der Waals surface area contributed by atoms with Crippen molar-refractivity contribution in [2.75, 3.05) is 31.5 Å². The van der Waals surface area contributed by atoms with E-state index < -0.39 is 10.5 Å². The third kappa shape index (κ3) is 3.56. The molecule has 0 bridgehead atoms. The number of piperazine rings is 1. The first-order valence-corrected chi connectivity index (χ1v) is 6.93. The second-order valence-corrected chi connectivity index (χ2v) is 5.55. The van der Waals surface area contributed by atoms with Gasteiger partial charge in [0.2, 0.25) is 5.91 Å². The van der Waals surface area contributed by atoms with Crippen LogP contribution in [0.1, 0.15) is 13.8 Å². The van der Waals surface area contributed by atoms with Crippen LogP contribution < -0.4 is 10.6 Å². The van der Waals surface area contributed by atoms with Crippen molar-refractivity contribution in [1.29, 1.82) is 0 Å². The van der Waals surface area contributed by atoms with Gasteiger partial charge in [-0.25, -0.2) is 0 Å². The lowest BCUT2D eigenvalue weighted by atomic mass is 10.0. The minimum Gasteiger partial charge on any atom is -0.324 e. The van der Waals surface area contributed by atoms with Crippen LogP contribution in [-0.2, 0) is 4.79 Å². The second kappa shape index (κ2) is 6.19. The van der Waals surface area contributed by atoms with Crippen molar-refractivity contribution in [3.8, 4) is 0 Å². The van der Waals surface area contributed by atoms with E-state index >= 15 is 0 Å². The zero-order valence-corrected chi connectivity index (χ0v) is 12.3. The van der Waals surface area contributed by atoms with Gasteiger partial charge in [0.15, 0.2) is 0 Å². The molecule has 1 saturated heterocycles. The third-order valence-corrected chi connectivity index (χ3v) is 3.80. The highest BCUT2D eigenvalue weighted by Gasteiger charge is 2.35. The van der Waals surface area contributed by atoms with Gasteiger partial charge >= 0.3 is 0 Å². The molecule has 1 amide bonds. The van der Waals surface area contributed by atoms with Crippen LogP contribution >= 0.6 is 0 Å². The number of hydrogen-bond acceptors (Lipinski definition) is 5. The van der Waals surface area contributed by atoms with E-state index in [9.17, 15) is 14.9 Å². The van der Waals surface area contributed by atoms with Gasteiger partial charge in [-0.3, -0.25) is 19.8 Å². The summed E-state index contributed by atoms with van der Waals surface area (Å²) in [6.07, 6.45) is 0. The molecule has 1 aromatic rings. The highest BCUT2D eigenvalue weighted by Crippen LogP contribution is 2.20. The van der Waals surface area contributed by atoms with Crippen molar-refractivity contribution in [1.82, 2.24) is 10.2 Å². The molecule has 2 N–H and O–H groups in total. The minimum atomic E-state index is -0.621. The zero-order chi connectivity index (χ0) is 15.5. The van der Waals surface area contributed by atoms with E-state index in [4.69, 9.17) is 0 Å². The average molecular weight is 292 g/mol. The maximum Gasteiger partial charge on any atom is 0.269 e. The molecule has 1 aromatic carbocycles. The highest BCUT2D eigenvalue weighted by molar-refractivity contribution is 5.97. The Balaban J connectivity index is 2.03. The maximum absolute atomic E-state index is 12.4. The van der Waals surface area contributed by atoms with Crippen molar-refractivity contribution in [2.24, 2.45) is 0 Å². The molecule has 1 aliphatic heterocycles. The second-order valence-electron chi connectivity index (χ2n) is 5.55. The normalized spacial score (nSPS) is 16.5. The Labute approximate surface area is 123 Å². The predicted molar refractivity (Wildman–Crippen MR) is 80.2 cm³/mol. The SMILES string of the molecule is CC(C)(C(=O)Nc1ccc([N+](=O)[O-])cc1)N1CCNCC1.